The fourth-order valence-corrected chi connectivity index (χ4v) is 4.50. The van der Waals surface area contributed by atoms with Crippen molar-refractivity contribution in [3.05, 3.63) is 59.9 Å². The van der Waals surface area contributed by atoms with Gasteiger partial charge < -0.3 is 5.32 Å². The highest BCUT2D eigenvalue weighted by molar-refractivity contribution is 7.89. The van der Waals surface area contributed by atoms with E-state index in [0.29, 0.717) is 25.2 Å². The summed E-state index contributed by atoms with van der Waals surface area (Å²) in [5.74, 6) is -0.156. The molecule has 0 aliphatic carbocycles. The average molecular weight is 345 g/mol. The first-order valence-electron chi connectivity index (χ1n) is 7.73. The fourth-order valence-electron chi connectivity index (χ4n) is 2.84. The first-order chi connectivity index (χ1) is 11.5. The average Bonchev–Trinajstić information content (AvgIpc) is 2.62. The van der Waals surface area contributed by atoms with Crippen LogP contribution in [0.25, 0.3) is 0 Å². The molecule has 0 amide bonds. The predicted molar refractivity (Wildman–Crippen MR) is 90.2 cm³/mol. The maximum absolute atomic E-state index is 13.1. The van der Waals surface area contributed by atoms with Crippen LogP contribution in [0.15, 0.2) is 53.7 Å². The second-order valence-corrected chi connectivity index (χ2v) is 7.60. The van der Waals surface area contributed by atoms with Gasteiger partial charge in [-0.15, -0.1) is 0 Å². The van der Waals surface area contributed by atoms with Crippen molar-refractivity contribution in [2.75, 3.05) is 19.6 Å². The molecule has 1 fully saturated rings. The van der Waals surface area contributed by atoms with E-state index in [1.54, 1.807) is 30.6 Å². The highest BCUT2D eigenvalue weighted by Crippen LogP contribution is 2.28. The van der Waals surface area contributed by atoms with Crippen LogP contribution in [0.3, 0.4) is 0 Å². The van der Waals surface area contributed by atoms with Crippen LogP contribution in [-0.2, 0) is 10.0 Å². The summed E-state index contributed by atoms with van der Waals surface area (Å²) in [5, 5.41) is 3.23. The van der Waals surface area contributed by atoms with Crippen molar-refractivity contribution < 1.29 is 13.2 Å². The van der Waals surface area contributed by atoms with Crippen LogP contribution in [-0.4, -0.2) is 43.1 Å². The molecular formula is C17H19N3O3S. The molecule has 1 aliphatic heterocycles. The molecule has 2 heterocycles. The van der Waals surface area contributed by atoms with Crippen LogP contribution in [0.5, 0.6) is 0 Å². The standard InChI is InChI=1S/C17H19N3O3S/c1-13(21)14-4-2-6-16(10-14)24(22,23)20-9-8-19-12-17(20)15-5-3-7-18-11-15/h2-7,10-11,17,19H,8-9,12H2,1H3. The van der Waals surface area contributed by atoms with Gasteiger partial charge in [0.05, 0.1) is 10.9 Å². The smallest absolute Gasteiger partial charge is 0.243 e. The first kappa shape index (κ1) is 16.8. The number of carbonyl (C=O) groups is 1. The normalized spacial score (nSPS) is 19.1. The Morgan fingerprint density at radius 2 is 2.12 bits per heavy atom. The summed E-state index contributed by atoms with van der Waals surface area (Å²) in [4.78, 5) is 15.8. The lowest BCUT2D eigenvalue weighted by Crippen LogP contribution is -2.48. The van der Waals surface area contributed by atoms with Crippen LogP contribution in [0.4, 0.5) is 0 Å². The molecule has 0 spiro atoms. The molecule has 6 nitrogen and oxygen atoms in total. The van der Waals surface area contributed by atoms with Crippen LogP contribution in [0.1, 0.15) is 28.9 Å². The van der Waals surface area contributed by atoms with Gasteiger partial charge in [0.15, 0.2) is 5.78 Å². The number of rotatable bonds is 4. The summed E-state index contributed by atoms with van der Waals surface area (Å²) >= 11 is 0. The minimum Gasteiger partial charge on any atom is -0.313 e. The second kappa shape index (κ2) is 6.80. The minimum atomic E-state index is -3.70. The Morgan fingerprint density at radius 1 is 1.29 bits per heavy atom. The largest absolute Gasteiger partial charge is 0.313 e. The van der Waals surface area contributed by atoms with E-state index in [4.69, 9.17) is 0 Å². The van der Waals surface area contributed by atoms with Gasteiger partial charge in [-0.05, 0) is 30.7 Å². The number of hydrogen-bond acceptors (Lipinski definition) is 5. The molecule has 1 N–H and O–H groups in total. The lowest BCUT2D eigenvalue weighted by Gasteiger charge is -2.35. The monoisotopic (exact) mass is 345 g/mol. The Hall–Kier alpha value is -2.09. The number of nitrogens with zero attached hydrogens (tertiary/aromatic N) is 2. The Morgan fingerprint density at radius 3 is 2.83 bits per heavy atom. The zero-order chi connectivity index (χ0) is 17.2. The summed E-state index contributed by atoms with van der Waals surface area (Å²) in [5.41, 5.74) is 1.24. The summed E-state index contributed by atoms with van der Waals surface area (Å²) < 4.78 is 27.7. The third-order valence-corrected chi connectivity index (χ3v) is 6.01. The van der Waals surface area contributed by atoms with Gasteiger partial charge in [-0.25, -0.2) is 8.42 Å². The SMILES string of the molecule is CC(=O)c1cccc(S(=O)(=O)N2CCNCC2c2cccnc2)c1. The second-order valence-electron chi connectivity index (χ2n) is 5.71. The van der Waals surface area contributed by atoms with E-state index < -0.39 is 10.0 Å². The summed E-state index contributed by atoms with van der Waals surface area (Å²) in [6, 6.07) is 9.55. The van der Waals surface area contributed by atoms with Gasteiger partial charge in [-0.2, -0.15) is 4.31 Å². The van der Waals surface area contributed by atoms with Crippen molar-refractivity contribution >= 4 is 15.8 Å². The molecule has 0 saturated carbocycles. The van der Waals surface area contributed by atoms with Crippen LogP contribution in [0.2, 0.25) is 0 Å². The van der Waals surface area contributed by atoms with E-state index in [2.05, 4.69) is 10.3 Å². The van der Waals surface area contributed by atoms with Gasteiger partial charge in [-0.3, -0.25) is 9.78 Å². The molecule has 3 rings (SSSR count). The number of nitrogens with one attached hydrogen (secondary N) is 1. The number of benzene rings is 1. The number of sulfonamides is 1. The summed E-state index contributed by atoms with van der Waals surface area (Å²) in [6.45, 7) is 2.90. The van der Waals surface area contributed by atoms with E-state index in [9.17, 15) is 13.2 Å². The van der Waals surface area contributed by atoms with E-state index in [0.717, 1.165) is 5.56 Å². The first-order valence-corrected chi connectivity index (χ1v) is 9.17. The van der Waals surface area contributed by atoms with Gasteiger partial charge in [0, 0.05) is 37.6 Å². The lowest BCUT2D eigenvalue weighted by molar-refractivity contribution is 0.101. The molecule has 1 aromatic carbocycles. The maximum atomic E-state index is 13.1. The Kier molecular flexibility index (Phi) is 4.75. The number of piperazine rings is 1. The quantitative estimate of drug-likeness (QED) is 0.852. The number of Topliss-reactive ketones (excluding diaryl/α,β-unsaturated/α-hetero) is 1. The highest BCUT2D eigenvalue weighted by atomic mass is 32.2. The third-order valence-electron chi connectivity index (χ3n) is 4.11. The molecule has 1 saturated heterocycles. The van der Waals surface area contributed by atoms with E-state index in [1.165, 1.54) is 23.4 Å². The highest BCUT2D eigenvalue weighted by Gasteiger charge is 2.34. The molecule has 2 aromatic rings. The van der Waals surface area contributed by atoms with Gasteiger partial charge in [0.25, 0.3) is 0 Å². The van der Waals surface area contributed by atoms with Crippen molar-refractivity contribution in [3.63, 3.8) is 0 Å². The molecular weight excluding hydrogens is 326 g/mol. The topological polar surface area (TPSA) is 79.4 Å². The lowest BCUT2D eigenvalue weighted by atomic mass is 10.1. The zero-order valence-electron chi connectivity index (χ0n) is 13.3. The summed E-state index contributed by atoms with van der Waals surface area (Å²) in [6.07, 6.45) is 3.35. The molecule has 0 bridgehead atoms. The predicted octanol–water partition coefficient (Wildman–Crippen LogP) is 1.62. The fraction of sp³-hybridized carbons (Fsp3) is 0.294. The molecule has 7 heteroatoms. The number of hydrogen-bond donors (Lipinski definition) is 1. The zero-order valence-corrected chi connectivity index (χ0v) is 14.2. The molecule has 24 heavy (non-hydrogen) atoms. The Labute approximate surface area is 141 Å². The van der Waals surface area contributed by atoms with Crippen molar-refractivity contribution in [3.8, 4) is 0 Å². The van der Waals surface area contributed by atoms with Gasteiger partial charge in [0.1, 0.15) is 0 Å². The van der Waals surface area contributed by atoms with Gasteiger partial charge in [0.2, 0.25) is 10.0 Å². The molecule has 126 valence electrons. The van der Waals surface area contributed by atoms with Crippen molar-refractivity contribution in [2.24, 2.45) is 0 Å². The van der Waals surface area contributed by atoms with Crippen LogP contribution >= 0.6 is 0 Å². The summed E-state index contributed by atoms with van der Waals surface area (Å²) in [7, 11) is -3.70. The number of ketones is 1. The van der Waals surface area contributed by atoms with Gasteiger partial charge >= 0.3 is 0 Å². The number of carbonyl (C=O) groups excluding carboxylic acids is 1. The Balaban J connectivity index is 2.00. The molecule has 1 atom stereocenters. The van der Waals surface area contributed by atoms with Crippen molar-refractivity contribution in [1.82, 2.24) is 14.6 Å². The third kappa shape index (κ3) is 3.24. The number of aromatic nitrogens is 1. The van der Waals surface area contributed by atoms with Crippen LogP contribution in [0, 0.1) is 0 Å². The minimum absolute atomic E-state index is 0.144. The molecule has 1 aromatic heterocycles. The van der Waals surface area contributed by atoms with E-state index in [1.807, 2.05) is 6.07 Å². The van der Waals surface area contributed by atoms with Crippen LogP contribution < -0.4 is 5.32 Å². The Bertz CT molecular complexity index is 837. The van der Waals surface area contributed by atoms with Crippen molar-refractivity contribution in [1.29, 1.82) is 0 Å². The van der Waals surface area contributed by atoms with Crippen molar-refractivity contribution in [2.45, 2.75) is 17.9 Å². The molecule has 0 radical (unpaired) electrons. The maximum Gasteiger partial charge on any atom is 0.243 e. The molecule has 1 unspecified atom stereocenters. The number of pyridine rings is 1. The molecule has 1 aliphatic rings. The van der Waals surface area contributed by atoms with E-state index in [-0.39, 0.29) is 16.7 Å². The van der Waals surface area contributed by atoms with E-state index >= 15 is 0 Å². The van der Waals surface area contributed by atoms with Gasteiger partial charge in [-0.1, -0.05) is 18.2 Å².